The van der Waals surface area contributed by atoms with Gasteiger partial charge < -0.3 is 30.3 Å². The molecule has 0 bridgehead atoms. The number of guanidine groups is 1. The molecule has 2 amide bonds. The number of carbonyl (C=O) groups is 2. The maximum atomic E-state index is 12.5. The lowest BCUT2D eigenvalue weighted by atomic mass is 10.2. The Bertz CT molecular complexity index is 738. The highest BCUT2D eigenvalue weighted by Crippen LogP contribution is 2.16. The van der Waals surface area contributed by atoms with E-state index >= 15 is 0 Å². The van der Waals surface area contributed by atoms with Crippen molar-refractivity contribution in [1.29, 1.82) is 0 Å². The largest absolute Gasteiger partial charge is 0.508 e. The molecule has 0 spiro atoms. The Morgan fingerprint density at radius 2 is 1.83 bits per heavy atom. The summed E-state index contributed by atoms with van der Waals surface area (Å²) in [7, 11) is 0. The third-order valence-corrected chi connectivity index (χ3v) is 5.22. The summed E-state index contributed by atoms with van der Waals surface area (Å²) < 4.78 is 5.52. The predicted octanol–water partition coefficient (Wildman–Crippen LogP) is 0.411. The molecule has 3 rings (SSSR count). The second kappa shape index (κ2) is 10.8. The van der Waals surface area contributed by atoms with Crippen molar-refractivity contribution in [2.24, 2.45) is 4.99 Å². The minimum absolute atomic E-state index is 0.103. The summed E-state index contributed by atoms with van der Waals surface area (Å²) in [5, 5.41) is 15.4. The number of amides is 2. The summed E-state index contributed by atoms with van der Waals surface area (Å²) in [6, 6.07) is 6.13. The van der Waals surface area contributed by atoms with Crippen LogP contribution in [0.25, 0.3) is 0 Å². The van der Waals surface area contributed by atoms with Gasteiger partial charge in [-0.05, 0) is 44.0 Å². The molecule has 0 saturated carbocycles. The van der Waals surface area contributed by atoms with Crippen LogP contribution in [0.5, 0.6) is 5.75 Å². The number of piperazine rings is 1. The number of nitrogens with zero attached hydrogens (tertiary/aromatic N) is 3. The minimum Gasteiger partial charge on any atom is -0.508 e. The van der Waals surface area contributed by atoms with Crippen molar-refractivity contribution in [2.45, 2.75) is 25.9 Å². The molecule has 9 nitrogen and oxygen atoms in total. The zero-order valence-electron chi connectivity index (χ0n) is 17.5. The minimum atomic E-state index is -0.268. The number of hydrogen-bond donors (Lipinski definition) is 3. The third kappa shape index (κ3) is 5.85. The van der Waals surface area contributed by atoms with E-state index in [2.05, 4.69) is 20.5 Å². The van der Waals surface area contributed by atoms with Crippen LogP contribution in [0, 0.1) is 0 Å². The van der Waals surface area contributed by atoms with E-state index in [1.54, 1.807) is 12.1 Å². The van der Waals surface area contributed by atoms with E-state index in [-0.39, 0.29) is 23.7 Å². The molecule has 2 saturated heterocycles. The highest BCUT2D eigenvalue weighted by molar-refractivity contribution is 5.94. The quantitative estimate of drug-likeness (QED) is 0.352. The van der Waals surface area contributed by atoms with Crippen LogP contribution in [0.1, 0.15) is 30.1 Å². The van der Waals surface area contributed by atoms with E-state index in [0.29, 0.717) is 51.4 Å². The molecule has 1 aromatic carbocycles. The molecule has 0 radical (unpaired) electrons. The first-order valence-corrected chi connectivity index (χ1v) is 10.6. The van der Waals surface area contributed by atoms with E-state index in [1.807, 2.05) is 11.8 Å². The molecule has 30 heavy (non-hydrogen) atoms. The summed E-state index contributed by atoms with van der Waals surface area (Å²) in [6.45, 7) is 7.02. The van der Waals surface area contributed by atoms with Crippen molar-refractivity contribution >= 4 is 17.8 Å². The Morgan fingerprint density at radius 3 is 2.47 bits per heavy atom. The first kappa shape index (κ1) is 21.9. The van der Waals surface area contributed by atoms with Gasteiger partial charge in [-0.15, -0.1) is 0 Å². The van der Waals surface area contributed by atoms with E-state index in [0.717, 1.165) is 25.3 Å². The van der Waals surface area contributed by atoms with Gasteiger partial charge in [0.15, 0.2) is 5.96 Å². The fourth-order valence-corrected chi connectivity index (χ4v) is 3.59. The summed E-state index contributed by atoms with van der Waals surface area (Å²) in [6.07, 6.45) is 1.51. The van der Waals surface area contributed by atoms with Crippen molar-refractivity contribution in [3.05, 3.63) is 29.8 Å². The summed E-state index contributed by atoms with van der Waals surface area (Å²) >= 11 is 0. The summed E-state index contributed by atoms with van der Waals surface area (Å²) in [5.41, 5.74) is 0.496. The first-order chi connectivity index (χ1) is 14.6. The number of benzene rings is 1. The summed E-state index contributed by atoms with van der Waals surface area (Å²) in [4.78, 5) is 33.3. The van der Waals surface area contributed by atoms with E-state index in [9.17, 15) is 14.7 Å². The van der Waals surface area contributed by atoms with Crippen molar-refractivity contribution in [3.8, 4) is 5.75 Å². The molecule has 3 N–H and O–H groups in total. The van der Waals surface area contributed by atoms with Gasteiger partial charge in [-0.3, -0.25) is 14.6 Å². The second-order valence-electron chi connectivity index (χ2n) is 7.35. The fourth-order valence-electron chi connectivity index (χ4n) is 3.59. The van der Waals surface area contributed by atoms with Crippen LogP contribution in [-0.4, -0.2) is 91.2 Å². The van der Waals surface area contributed by atoms with Crippen molar-refractivity contribution < 1.29 is 19.4 Å². The maximum absolute atomic E-state index is 12.5. The monoisotopic (exact) mass is 417 g/mol. The molecule has 2 aliphatic heterocycles. The number of phenolic OH excluding ortho intramolecular Hbond substituents is 1. The van der Waals surface area contributed by atoms with Crippen molar-refractivity contribution in [3.63, 3.8) is 0 Å². The zero-order valence-corrected chi connectivity index (χ0v) is 17.5. The van der Waals surface area contributed by atoms with Crippen molar-refractivity contribution in [1.82, 2.24) is 20.4 Å². The number of aliphatic imine (C=N–C) groups is 1. The Kier molecular flexibility index (Phi) is 7.89. The molecule has 2 heterocycles. The van der Waals surface area contributed by atoms with Crippen LogP contribution in [0.15, 0.2) is 29.3 Å². The Balaban J connectivity index is 1.45. The molecule has 0 aliphatic carbocycles. The van der Waals surface area contributed by atoms with Gasteiger partial charge in [0.1, 0.15) is 11.9 Å². The molecule has 164 valence electrons. The SMILES string of the molecule is CCNC(=NCCNC(=O)c1ccc(O)cc1)N1CCN(C(=O)C2CCCO2)CC1. The topological polar surface area (TPSA) is 106 Å². The molecule has 1 aromatic rings. The normalized spacial score (nSPS) is 19.6. The van der Waals surface area contributed by atoms with Gasteiger partial charge in [0.25, 0.3) is 11.8 Å². The molecule has 2 fully saturated rings. The lowest BCUT2D eigenvalue weighted by Gasteiger charge is -2.37. The highest BCUT2D eigenvalue weighted by atomic mass is 16.5. The van der Waals surface area contributed by atoms with Gasteiger partial charge in [0.2, 0.25) is 0 Å². The van der Waals surface area contributed by atoms with Gasteiger partial charge in [-0.2, -0.15) is 0 Å². The summed E-state index contributed by atoms with van der Waals surface area (Å²) in [5.74, 6) is 0.826. The average Bonchev–Trinajstić information content (AvgIpc) is 3.31. The van der Waals surface area contributed by atoms with E-state index in [4.69, 9.17) is 4.74 Å². The van der Waals surface area contributed by atoms with Gasteiger partial charge >= 0.3 is 0 Å². The molecular weight excluding hydrogens is 386 g/mol. The van der Waals surface area contributed by atoms with Crippen LogP contribution in [0.4, 0.5) is 0 Å². The lowest BCUT2D eigenvalue weighted by molar-refractivity contribution is -0.142. The van der Waals surface area contributed by atoms with Crippen LogP contribution < -0.4 is 10.6 Å². The highest BCUT2D eigenvalue weighted by Gasteiger charge is 2.30. The van der Waals surface area contributed by atoms with Crippen LogP contribution >= 0.6 is 0 Å². The van der Waals surface area contributed by atoms with Crippen LogP contribution in [0.3, 0.4) is 0 Å². The Morgan fingerprint density at radius 1 is 1.13 bits per heavy atom. The maximum Gasteiger partial charge on any atom is 0.251 e. The fraction of sp³-hybridized carbons (Fsp3) is 0.571. The number of ether oxygens (including phenoxy) is 1. The number of aromatic hydroxyl groups is 1. The number of phenols is 1. The van der Waals surface area contributed by atoms with E-state index in [1.165, 1.54) is 12.1 Å². The van der Waals surface area contributed by atoms with Crippen LogP contribution in [-0.2, 0) is 9.53 Å². The predicted molar refractivity (Wildman–Crippen MR) is 114 cm³/mol. The lowest BCUT2D eigenvalue weighted by Crippen LogP contribution is -2.55. The molecule has 1 unspecified atom stereocenters. The second-order valence-corrected chi connectivity index (χ2v) is 7.35. The number of carbonyl (C=O) groups excluding carboxylic acids is 2. The zero-order chi connectivity index (χ0) is 21.3. The number of nitrogens with one attached hydrogen (secondary N) is 2. The average molecular weight is 418 g/mol. The molecule has 0 aromatic heterocycles. The molecular formula is C21H31N5O4. The van der Waals surface area contributed by atoms with Gasteiger partial charge in [0.05, 0.1) is 6.54 Å². The van der Waals surface area contributed by atoms with Gasteiger partial charge in [0, 0.05) is 51.4 Å². The smallest absolute Gasteiger partial charge is 0.251 e. The standard InChI is InChI=1S/C21H31N5O4/c1-2-22-21(24-10-9-23-19(28)16-5-7-17(27)8-6-16)26-13-11-25(12-14-26)20(29)18-4-3-15-30-18/h5-8,18,27H,2-4,9-15H2,1H3,(H,22,24)(H,23,28). The molecule has 9 heteroatoms. The Labute approximate surface area is 177 Å². The molecule has 2 aliphatic rings. The van der Waals surface area contributed by atoms with Crippen molar-refractivity contribution in [2.75, 3.05) is 52.4 Å². The van der Waals surface area contributed by atoms with Gasteiger partial charge in [-0.1, -0.05) is 0 Å². The Hall–Kier alpha value is -2.81. The first-order valence-electron chi connectivity index (χ1n) is 10.6. The molecule has 1 atom stereocenters. The third-order valence-electron chi connectivity index (χ3n) is 5.22. The van der Waals surface area contributed by atoms with Gasteiger partial charge in [-0.25, -0.2) is 0 Å². The number of rotatable bonds is 6. The van der Waals surface area contributed by atoms with E-state index < -0.39 is 0 Å². The van der Waals surface area contributed by atoms with Crippen LogP contribution in [0.2, 0.25) is 0 Å². The number of hydrogen-bond acceptors (Lipinski definition) is 5.